The van der Waals surface area contributed by atoms with Crippen molar-refractivity contribution in [3.63, 3.8) is 0 Å². The average molecular weight is 345 g/mol. The van der Waals surface area contributed by atoms with Gasteiger partial charge in [0.15, 0.2) is 0 Å². The van der Waals surface area contributed by atoms with Gasteiger partial charge in [-0.1, -0.05) is 18.7 Å². The molecule has 0 saturated heterocycles. The van der Waals surface area contributed by atoms with Crippen molar-refractivity contribution in [1.29, 1.82) is 5.26 Å². The predicted octanol–water partition coefficient (Wildman–Crippen LogP) is 3.68. The van der Waals surface area contributed by atoms with Crippen LogP contribution in [0, 0.1) is 18.3 Å². The molecule has 1 aromatic heterocycles. The number of pyridine rings is 1. The molecule has 0 saturated carbocycles. The Hall–Kier alpha value is -1.75. The number of nitrogens with one attached hydrogen (secondary N) is 1. The van der Waals surface area contributed by atoms with Gasteiger partial charge < -0.3 is 5.32 Å². The summed E-state index contributed by atoms with van der Waals surface area (Å²) >= 11 is 0.889. The van der Waals surface area contributed by atoms with Crippen LogP contribution in [-0.4, -0.2) is 22.2 Å². The molecule has 1 atom stereocenters. The van der Waals surface area contributed by atoms with Gasteiger partial charge in [-0.3, -0.25) is 4.79 Å². The molecule has 0 radical (unpaired) electrons. The molecule has 126 valence electrons. The summed E-state index contributed by atoms with van der Waals surface area (Å²) < 4.78 is 38.7. The number of thioether (sulfide) groups is 1. The molecule has 0 bridgehead atoms. The molecule has 1 rings (SSSR count). The molecule has 1 unspecified atom stereocenters. The van der Waals surface area contributed by atoms with Crippen LogP contribution in [0.1, 0.15) is 44.0 Å². The number of nitrogens with zero attached hydrogens (tertiary/aromatic N) is 2. The predicted molar refractivity (Wildman–Crippen MR) is 81.9 cm³/mol. The second kappa shape index (κ2) is 7.68. The van der Waals surface area contributed by atoms with Gasteiger partial charge in [0.1, 0.15) is 16.8 Å². The van der Waals surface area contributed by atoms with Gasteiger partial charge >= 0.3 is 6.18 Å². The Kier molecular flexibility index (Phi) is 6.45. The molecule has 0 aromatic carbocycles. The summed E-state index contributed by atoms with van der Waals surface area (Å²) in [6.45, 7) is 6.77. The first-order valence-corrected chi connectivity index (χ1v) is 7.94. The number of halogens is 3. The molecule has 1 aromatic rings. The van der Waals surface area contributed by atoms with Crippen LogP contribution in [0.3, 0.4) is 0 Å². The monoisotopic (exact) mass is 345 g/mol. The van der Waals surface area contributed by atoms with Crippen molar-refractivity contribution in [3.8, 4) is 6.07 Å². The molecule has 0 aliphatic rings. The molecular formula is C15H18F3N3OS. The van der Waals surface area contributed by atoms with Crippen LogP contribution in [0.2, 0.25) is 0 Å². The first kappa shape index (κ1) is 19.3. The number of amides is 1. The fraction of sp³-hybridized carbons (Fsp3) is 0.533. The average Bonchev–Trinajstić information content (AvgIpc) is 2.42. The zero-order valence-corrected chi connectivity index (χ0v) is 14.1. The highest BCUT2D eigenvalue weighted by atomic mass is 32.2. The van der Waals surface area contributed by atoms with Gasteiger partial charge in [-0.2, -0.15) is 18.4 Å². The molecule has 0 aliphatic heterocycles. The van der Waals surface area contributed by atoms with Gasteiger partial charge in [-0.25, -0.2) is 4.98 Å². The maximum atomic E-state index is 12.9. The second-order valence-corrected chi connectivity index (χ2v) is 6.48. The van der Waals surface area contributed by atoms with Crippen LogP contribution in [0.5, 0.6) is 0 Å². The number of aromatic nitrogens is 1. The lowest BCUT2D eigenvalue weighted by atomic mass is 10.1. The van der Waals surface area contributed by atoms with E-state index in [2.05, 4.69) is 10.3 Å². The lowest BCUT2D eigenvalue weighted by Crippen LogP contribution is -2.37. The third-order valence-corrected chi connectivity index (χ3v) is 4.28. The van der Waals surface area contributed by atoms with Gasteiger partial charge in [0.25, 0.3) is 0 Å². The number of hydrogen-bond donors (Lipinski definition) is 1. The van der Waals surface area contributed by atoms with E-state index in [1.165, 1.54) is 6.92 Å². The van der Waals surface area contributed by atoms with Crippen molar-refractivity contribution in [2.24, 2.45) is 0 Å². The Balaban J connectivity index is 3.22. The van der Waals surface area contributed by atoms with E-state index >= 15 is 0 Å². The highest BCUT2D eigenvalue weighted by Crippen LogP contribution is 2.34. The van der Waals surface area contributed by atoms with E-state index in [1.807, 2.05) is 6.07 Å². The smallest absolute Gasteiger partial charge is 0.353 e. The summed E-state index contributed by atoms with van der Waals surface area (Å²) in [5, 5.41) is 11.2. The van der Waals surface area contributed by atoms with Gasteiger partial charge in [-0.05, 0) is 38.8 Å². The quantitative estimate of drug-likeness (QED) is 0.827. The first-order chi connectivity index (χ1) is 10.6. The van der Waals surface area contributed by atoms with E-state index in [4.69, 9.17) is 0 Å². The Bertz CT molecular complexity index is 624. The Morgan fingerprint density at radius 3 is 2.52 bits per heavy atom. The van der Waals surface area contributed by atoms with Crippen LogP contribution in [0.25, 0.3) is 0 Å². The van der Waals surface area contributed by atoms with Crippen molar-refractivity contribution < 1.29 is 18.0 Å². The number of nitriles is 1. The third kappa shape index (κ3) is 5.13. The lowest BCUT2D eigenvalue weighted by molar-refractivity contribution is -0.141. The summed E-state index contributed by atoms with van der Waals surface area (Å²) in [6.07, 6.45) is -4.19. The van der Waals surface area contributed by atoms with Gasteiger partial charge in [0.05, 0.1) is 10.8 Å². The van der Waals surface area contributed by atoms with E-state index in [-0.39, 0.29) is 28.1 Å². The van der Waals surface area contributed by atoms with Gasteiger partial charge in [0, 0.05) is 6.04 Å². The molecule has 23 heavy (non-hydrogen) atoms. The molecular weight excluding hydrogens is 327 g/mol. The van der Waals surface area contributed by atoms with Crippen LogP contribution in [0.15, 0.2) is 11.1 Å². The highest BCUT2D eigenvalue weighted by molar-refractivity contribution is 8.00. The molecule has 4 nitrogen and oxygen atoms in total. The topological polar surface area (TPSA) is 65.8 Å². The number of aryl methyl sites for hydroxylation is 1. The summed E-state index contributed by atoms with van der Waals surface area (Å²) in [6, 6.07) is 2.63. The molecule has 1 amide bonds. The molecule has 0 fully saturated rings. The molecule has 0 spiro atoms. The number of hydrogen-bond acceptors (Lipinski definition) is 4. The number of rotatable bonds is 5. The molecule has 1 N–H and O–H groups in total. The SMILES string of the molecule is CCC(Sc1nc(C(F)(F)F)cc(C)c1C#N)C(=O)NC(C)C. The Morgan fingerprint density at radius 2 is 2.09 bits per heavy atom. The summed E-state index contributed by atoms with van der Waals surface area (Å²) in [7, 11) is 0. The zero-order chi connectivity index (χ0) is 17.8. The van der Waals surface area contributed by atoms with Crippen molar-refractivity contribution in [1.82, 2.24) is 10.3 Å². The van der Waals surface area contributed by atoms with Crippen LogP contribution in [-0.2, 0) is 11.0 Å². The van der Waals surface area contributed by atoms with Gasteiger partial charge in [-0.15, -0.1) is 0 Å². The lowest BCUT2D eigenvalue weighted by Gasteiger charge is -2.18. The minimum absolute atomic E-state index is 0.0643. The maximum Gasteiger partial charge on any atom is 0.433 e. The first-order valence-electron chi connectivity index (χ1n) is 7.06. The van der Waals surface area contributed by atoms with Crippen LogP contribution >= 0.6 is 11.8 Å². The maximum absolute atomic E-state index is 12.9. The van der Waals surface area contributed by atoms with E-state index in [1.54, 1.807) is 20.8 Å². The Labute approximate surface area is 137 Å². The van der Waals surface area contributed by atoms with Crippen LogP contribution in [0.4, 0.5) is 13.2 Å². The normalized spacial score (nSPS) is 12.8. The minimum atomic E-state index is -4.60. The summed E-state index contributed by atoms with van der Waals surface area (Å²) in [5.74, 6) is -0.284. The van der Waals surface area contributed by atoms with Crippen molar-refractivity contribution in [3.05, 3.63) is 22.9 Å². The molecule has 8 heteroatoms. The number of carbonyl (C=O) groups is 1. The van der Waals surface area contributed by atoms with E-state index < -0.39 is 17.1 Å². The van der Waals surface area contributed by atoms with E-state index in [0.717, 1.165) is 17.8 Å². The largest absolute Gasteiger partial charge is 0.433 e. The van der Waals surface area contributed by atoms with Crippen molar-refractivity contribution in [2.75, 3.05) is 0 Å². The van der Waals surface area contributed by atoms with E-state index in [9.17, 15) is 23.2 Å². The second-order valence-electron chi connectivity index (χ2n) is 5.29. The summed E-state index contributed by atoms with van der Waals surface area (Å²) in [5.41, 5.74) is -0.800. The fourth-order valence-corrected chi connectivity index (χ4v) is 2.93. The third-order valence-electron chi connectivity index (χ3n) is 2.93. The van der Waals surface area contributed by atoms with Crippen LogP contribution < -0.4 is 5.32 Å². The summed E-state index contributed by atoms with van der Waals surface area (Å²) in [4.78, 5) is 15.7. The van der Waals surface area contributed by atoms with Crippen molar-refractivity contribution in [2.45, 2.75) is 56.6 Å². The molecule has 1 heterocycles. The molecule has 0 aliphatic carbocycles. The highest BCUT2D eigenvalue weighted by Gasteiger charge is 2.34. The Morgan fingerprint density at radius 1 is 1.48 bits per heavy atom. The zero-order valence-electron chi connectivity index (χ0n) is 13.3. The fourth-order valence-electron chi connectivity index (χ4n) is 1.84. The van der Waals surface area contributed by atoms with Gasteiger partial charge in [0.2, 0.25) is 5.91 Å². The van der Waals surface area contributed by atoms with Crippen molar-refractivity contribution >= 4 is 17.7 Å². The number of alkyl halides is 3. The number of carbonyl (C=O) groups excluding carboxylic acids is 1. The van der Waals surface area contributed by atoms with E-state index in [0.29, 0.717) is 6.42 Å². The minimum Gasteiger partial charge on any atom is -0.353 e. The standard InChI is InChI=1S/C15H18F3N3OS/c1-5-11(13(22)20-8(2)3)23-14-10(7-19)9(4)6-12(21-14)15(16,17)18/h6,8,11H,5H2,1-4H3,(H,20,22).